The number of hydrogen-bond acceptors (Lipinski definition) is 3. The number of carbonyl (C=O) groups is 1. The Morgan fingerprint density at radius 2 is 2.13 bits per heavy atom. The Morgan fingerprint density at radius 3 is 2.80 bits per heavy atom. The number of rotatable bonds is 0. The van der Waals surface area contributed by atoms with E-state index in [0.717, 1.165) is 11.1 Å². The van der Waals surface area contributed by atoms with Crippen LogP contribution in [0.4, 0.5) is 11.4 Å². The maximum Gasteiger partial charge on any atom is 0.265 e. The molecule has 4 nitrogen and oxygen atoms in total. The number of hydrogen-bond donors (Lipinski definition) is 2. The molecule has 2 rings (SSSR count). The third-order valence-electron chi connectivity index (χ3n) is 2.72. The van der Waals surface area contributed by atoms with Gasteiger partial charge in [-0.2, -0.15) is 0 Å². The minimum atomic E-state index is -0.445. The standard InChI is InChI=1S/C11H14N2O2/c1-5-4-8-10(6(2)9(5)12)13-11(14)7(3)15-8/h4,7H,12H2,1-3H3,(H,13,14). The highest BCUT2D eigenvalue weighted by Gasteiger charge is 2.25. The van der Waals surface area contributed by atoms with Crippen LogP contribution in [0.1, 0.15) is 18.1 Å². The first-order chi connectivity index (χ1) is 7.00. The highest BCUT2D eigenvalue weighted by molar-refractivity contribution is 5.99. The third kappa shape index (κ3) is 1.42. The topological polar surface area (TPSA) is 64.3 Å². The molecule has 3 N–H and O–H groups in total. The Balaban J connectivity index is 2.58. The van der Waals surface area contributed by atoms with Crippen molar-refractivity contribution in [3.05, 3.63) is 17.2 Å². The van der Waals surface area contributed by atoms with Crippen molar-refractivity contribution in [1.82, 2.24) is 0 Å². The molecular weight excluding hydrogens is 192 g/mol. The summed E-state index contributed by atoms with van der Waals surface area (Å²) in [7, 11) is 0. The summed E-state index contributed by atoms with van der Waals surface area (Å²) < 4.78 is 5.49. The lowest BCUT2D eigenvalue weighted by Crippen LogP contribution is -2.34. The quantitative estimate of drug-likeness (QED) is 0.634. The van der Waals surface area contributed by atoms with Crippen LogP contribution in [0, 0.1) is 13.8 Å². The van der Waals surface area contributed by atoms with Gasteiger partial charge in [-0.05, 0) is 38.0 Å². The van der Waals surface area contributed by atoms with E-state index in [1.165, 1.54) is 0 Å². The van der Waals surface area contributed by atoms with Crippen LogP contribution in [0.2, 0.25) is 0 Å². The molecule has 4 heteroatoms. The number of anilines is 2. The van der Waals surface area contributed by atoms with Gasteiger partial charge in [0.05, 0.1) is 5.69 Å². The van der Waals surface area contributed by atoms with Crippen molar-refractivity contribution in [2.24, 2.45) is 0 Å². The van der Waals surface area contributed by atoms with Crippen molar-refractivity contribution in [1.29, 1.82) is 0 Å². The van der Waals surface area contributed by atoms with Crippen LogP contribution < -0.4 is 15.8 Å². The summed E-state index contributed by atoms with van der Waals surface area (Å²) in [4.78, 5) is 11.4. The smallest absolute Gasteiger partial charge is 0.265 e. The first-order valence-electron chi connectivity index (χ1n) is 4.88. The number of aryl methyl sites for hydroxylation is 1. The minimum Gasteiger partial charge on any atom is -0.479 e. The zero-order valence-electron chi connectivity index (χ0n) is 9.05. The summed E-state index contributed by atoms with van der Waals surface area (Å²) in [5, 5.41) is 2.80. The van der Waals surface area contributed by atoms with E-state index >= 15 is 0 Å². The van der Waals surface area contributed by atoms with Gasteiger partial charge >= 0.3 is 0 Å². The van der Waals surface area contributed by atoms with Crippen LogP contribution >= 0.6 is 0 Å². The van der Waals surface area contributed by atoms with Crippen molar-refractivity contribution in [2.75, 3.05) is 11.1 Å². The molecule has 1 heterocycles. The number of carbonyl (C=O) groups excluding carboxylic acids is 1. The highest BCUT2D eigenvalue weighted by Crippen LogP contribution is 2.37. The summed E-state index contributed by atoms with van der Waals surface area (Å²) in [6.45, 7) is 5.52. The molecule has 0 fully saturated rings. The SMILES string of the molecule is Cc1cc2c(c(C)c1N)NC(=O)C(C)O2. The van der Waals surface area contributed by atoms with Gasteiger partial charge in [0.2, 0.25) is 0 Å². The second-order valence-corrected chi connectivity index (χ2v) is 3.85. The van der Waals surface area contributed by atoms with Gasteiger partial charge < -0.3 is 15.8 Å². The van der Waals surface area contributed by atoms with Crippen molar-refractivity contribution < 1.29 is 9.53 Å². The Hall–Kier alpha value is -1.71. The third-order valence-corrected chi connectivity index (χ3v) is 2.72. The average Bonchev–Trinajstić information content (AvgIpc) is 2.19. The number of amides is 1. The van der Waals surface area contributed by atoms with E-state index in [1.54, 1.807) is 6.92 Å². The normalized spacial score (nSPS) is 19.1. The van der Waals surface area contributed by atoms with Crippen molar-refractivity contribution >= 4 is 17.3 Å². The molecule has 1 amide bonds. The molecule has 0 saturated heterocycles. The number of ether oxygens (including phenoxy) is 1. The molecular formula is C11H14N2O2. The van der Waals surface area contributed by atoms with Crippen molar-refractivity contribution in [3.63, 3.8) is 0 Å². The molecule has 0 saturated carbocycles. The Labute approximate surface area is 88.4 Å². The van der Waals surface area contributed by atoms with Crippen LogP contribution in [0.3, 0.4) is 0 Å². The number of nitrogens with one attached hydrogen (secondary N) is 1. The molecule has 1 unspecified atom stereocenters. The van der Waals surface area contributed by atoms with Crippen LogP contribution in [0.25, 0.3) is 0 Å². The zero-order valence-corrected chi connectivity index (χ0v) is 9.05. The second-order valence-electron chi connectivity index (χ2n) is 3.85. The van der Waals surface area contributed by atoms with Crippen LogP contribution in [-0.4, -0.2) is 12.0 Å². The molecule has 15 heavy (non-hydrogen) atoms. The zero-order chi connectivity index (χ0) is 11.2. The summed E-state index contributed by atoms with van der Waals surface area (Å²) in [6.07, 6.45) is -0.445. The molecule has 0 aliphatic carbocycles. The van der Waals surface area contributed by atoms with E-state index < -0.39 is 6.10 Å². The number of nitrogen functional groups attached to an aromatic ring is 1. The molecule has 0 aromatic heterocycles. The molecule has 80 valence electrons. The van der Waals surface area contributed by atoms with E-state index in [-0.39, 0.29) is 5.91 Å². The van der Waals surface area contributed by atoms with Crippen LogP contribution in [0.15, 0.2) is 6.07 Å². The van der Waals surface area contributed by atoms with Crippen LogP contribution in [0.5, 0.6) is 5.75 Å². The van der Waals surface area contributed by atoms with Crippen molar-refractivity contribution in [2.45, 2.75) is 26.9 Å². The van der Waals surface area contributed by atoms with Gasteiger partial charge in [-0.15, -0.1) is 0 Å². The first-order valence-corrected chi connectivity index (χ1v) is 4.88. The molecule has 1 aliphatic rings. The molecule has 1 aromatic carbocycles. The Bertz CT molecular complexity index is 441. The fraction of sp³-hybridized carbons (Fsp3) is 0.364. The highest BCUT2D eigenvalue weighted by atomic mass is 16.5. The molecule has 1 atom stereocenters. The van der Waals surface area contributed by atoms with E-state index in [9.17, 15) is 4.79 Å². The van der Waals surface area contributed by atoms with Gasteiger partial charge in [-0.1, -0.05) is 0 Å². The van der Waals surface area contributed by atoms with E-state index in [0.29, 0.717) is 17.1 Å². The molecule has 0 spiro atoms. The maximum absolute atomic E-state index is 11.4. The molecule has 1 aliphatic heterocycles. The van der Waals surface area contributed by atoms with E-state index in [2.05, 4.69) is 5.32 Å². The summed E-state index contributed by atoms with van der Waals surface area (Å²) in [6, 6.07) is 1.85. The maximum atomic E-state index is 11.4. The average molecular weight is 206 g/mol. The lowest BCUT2D eigenvalue weighted by molar-refractivity contribution is -0.122. The lowest BCUT2D eigenvalue weighted by atomic mass is 10.0. The summed E-state index contributed by atoms with van der Waals surface area (Å²) >= 11 is 0. The van der Waals surface area contributed by atoms with Crippen LogP contribution in [-0.2, 0) is 4.79 Å². The predicted octanol–water partition coefficient (Wildman–Crippen LogP) is 1.61. The first kappa shape index (κ1) is 9.83. The van der Waals surface area contributed by atoms with Gasteiger partial charge in [-0.3, -0.25) is 4.79 Å². The predicted molar refractivity (Wildman–Crippen MR) is 59.0 cm³/mol. The monoisotopic (exact) mass is 206 g/mol. The minimum absolute atomic E-state index is 0.131. The largest absolute Gasteiger partial charge is 0.479 e. The van der Waals surface area contributed by atoms with Gasteiger partial charge in [0, 0.05) is 5.69 Å². The van der Waals surface area contributed by atoms with Crippen molar-refractivity contribution in [3.8, 4) is 5.75 Å². The Morgan fingerprint density at radius 1 is 1.47 bits per heavy atom. The Kier molecular flexibility index (Phi) is 2.07. The molecule has 0 bridgehead atoms. The molecule has 1 aromatic rings. The van der Waals surface area contributed by atoms with E-state index in [1.807, 2.05) is 19.9 Å². The lowest BCUT2D eigenvalue weighted by Gasteiger charge is -2.26. The number of benzene rings is 1. The van der Waals surface area contributed by atoms with Gasteiger partial charge in [0.1, 0.15) is 5.75 Å². The van der Waals surface area contributed by atoms with E-state index in [4.69, 9.17) is 10.5 Å². The number of nitrogens with two attached hydrogens (primary N) is 1. The fourth-order valence-electron chi connectivity index (χ4n) is 1.68. The summed E-state index contributed by atoms with van der Waals surface area (Å²) in [5.41, 5.74) is 9.11. The second kappa shape index (κ2) is 3.15. The fourth-order valence-corrected chi connectivity index (χ4v) is 1.68. The molecule has 0 radical (unpaired) electrons. The summed E-state index contributed by atoms with van der Waals surface area (Å²) in [5.74, 6) is 0.570. The van der Waals surface area contributed by atoms with Gasteiger partial charge in [-0.25, -0.2) is 0 Å². The van der Waals surface area contributed by atoms with Gasteiger partial charge in [0.25, 0.3) is 5.91 Å². The number of fused-ring (bicyclic) bond motifs is 1. The van der Waals surface area contributed by atoms with Gasteiger partial charge in [0.15, 0.2) is 6.10 Å².